The molecule has 1 heterocycles. The van der Waals surface area contributed by atoms with E-state index < -0.39 is 4.92 Å². The minimum atomic E-state index is -0.444. The number of non-ortho nitro benzene ring substituents is 1. The van der Waals surface area contributed by atoms with Crippen LogP contribution in [0.1, 0.15) is 19.0 Å². The molecule has 2 rings (SSSR count). The second kappa shape index (κ2) is 6.55. The summed E-state index contributed by atoms with van der Waals surface area (Å²) in [6.07, 6.45) is 2.31. The molecule has 0 fully saturated rings. The van der Waals surface area contributed by atoms with Crippen molar-refractivity contribution in [1.29, 1.82) is 0 Å². The topological polar surface area (TPSA) is 90.4 Å². The van der Waals surface area contributed by atoms with Gasteiger partial charge in [-0.25, -0.2) is 0 Å². The van der Waals surface area contributed by atoms with Crippen LogP contribution >= 0.6 is 0 Å². The number of hydrogen-bond acceptors (Lipinski definition) is 6. The van der Waals surface area contributed by atoms with E-state index in [1.807, 2.05) is 6.92 Å². The Morgan fingerprint density at radius 1 is 1.45 bits per heavy atom. The summed E-state index contributed by atoms with van der Waals surface area (Å²) in [6, 6.07) is 6.32. The average Bonchev–Trinajstić information content (AvgIpc) is 2.96. The molecule has 0 bridgehead atoms. The van der Waals surface area contributed by atoms with Gasteiger partial charge in [-0.15, -0.1) is 0 Å². The Morgan fingerprint density at radius 3 is 2.95 bits per heavy atom. The number of nitrogens with one attached hydrogen (secondary N) is 1. The molecule has 106 valence electrons. The summed E-state index contributed by atoms with van der Waals surface area (Å²) in [5.74, 6) is 0.476. The first kappa shape index (κ1) is 13.9. The average molecular weight is 277 g/mol. The lowest BCUT2D eigenvalue weighted by Gasteiger charge is -2.08. The Kier molecular flexibility index (Phi) is 4.54. The highest BCUT2D eigenvalue weighted by molar-refractivity contribution is 5.56. The van der Waals surface area contributed by atoms with Crippen LogP contribution in [0.25, 0.3) is 0 Å². The first-order valence-corrected chi connectivity index (χ1v) is 6.24. The molecule has 1 aromatic carbocycles. The van der Waals surface area contributed by atoms with Crippen molar-refractivity contribution in [3.63, 3.8) is 0 Å². The van der Waals surface area contributed by atoms with E-state index in [1.54, 1.807) is 12.1 Å². The van der Waals surface area contributed by atoms with Crippen LogP contribution in [0, 0.1) is 10.1 Å². The lowest BCUT2D eigenvalue weighted by molar-refractivity contribution is -0.384. The molecule has 7 heteroatoms. The normalized spacial score (nSPS) is 10.2. The van der Waals surface area contributed by atoms with Crippen LogP contribution < -0.4 is 10.1 Å². The van der Waals surface area contributed by atoms with Gasteiger partial charge in [-0.2, -0.15) is 0 Å². The van der Waals surface area contributed by atoms with Crippen molar-refractivity contribution in [2.24, 2.45) is 0 Å². The fourth-order valence-corrected chi connectivity index (χ4v) is 1.62. The van der Waals surface area contributed by atoms with E-state index >= 15 is 0 Å². The smallest absolute Gasteiger partial charge is 0.275 e. The minimum Gasteiger partial charge on any atom is -0.493 e. The third-order valence-corrected chi connectivity index (χ3v) is 2.54. The summed E-state index contributed by atoms with van der Waals surface area (Å²) < 4.78 is 10.2. The van der Waals surface area contributed by atoms with Gasteiger partial charge >= 0.3 is 0 Å². The van der Waals surface area contributed by atoms with Crippen LogP contribution in [-0.2, 0) is 6.54 Å². The predicted molar refractivity (Wildman–Crippen MR) is 72.7 cm³/mol. The number of ether oxygens (including phenoxy) is 1. The van der Waals surface area contributed by atoms with Gasteiger partial charge in [0.05, 0.1) is 24.1 Å². The Bertz CT molecular complexity index is 569. The molecule has 0 radical (unpaired) electrons. The van der Waals surface area contributed by atoms with Crippen LogP contribution in [0.3, 0.4) is 0 Å². The number of hydrogen-bond donors (Lipinski definition) is 1. The van der Waals surface area contributed by atoms with Crippen molar-refractivity contribution in [2.45, 2.75) is 19.9 Å². The zero-order valence-electron chi connectivity index (χ0n) is 11.0. The summed E-state index contributed by atoms with van der Waals surface area (Å²) in [5, 5.41) is 17.7. The van der Waals surface area contributed by atoms with E-state index in [0.29, 0.717) is 30.3 Å². The fraction of sp³-hybridized carbons (Fsp3) is 0.308. The van der Waals surface area contributed by atoms with Gasteiger partial charge in [0.15, 0.2) is 0 Å². The van der Waals surface area contributed by atoms with Crippen molar-refractivity contribution in [3.05, 3.63) is 46.3 Å². The second-order valence-corrected chi connectivity index (χ2v) is 4.17. The molecule has 0 spiro atoms. The van der Waals surface area contributed by atoms with E-state index in [0.717, 1.165) is 6.42 Å². The maximum absolute atomic E-state index is 10.9. The van der Waals surface area contributed by atoms with Gasteiger partial charge in [-0.1, -0.05) is 12.1 Å². The summed E-state index contributed by atoms with van der Waals surface area (Å²) in [4.78, 5) is 10.5. The van der Waals surface area contributed by atoms with Gasteiger partial charge in [0.2, 0.25) is 0 Å². The van der Waals surface area contributed by atoms with E-state index in [9.17, 15) is 10.1 Å². The van der Waals surface area contributed by atoms with E-state index in [-0.39, 0.29) is 5.69 Å². The van der Waals surface area contributed by atoms with Crippen LogP contribution in [0.5, 0.6) is 5.75 Å². The highest BCUT2D eigenvalue weighted by Crippen LogP contribution is 2.26. The van der Waals surface area contributed by atoms with E-state index in [1.165, 1.54) is 18.4 Å². The summed E-state index contributed by atoms with van der Waals surface area (Å²) >= 11 is 0. The Labute approximate surface area is 115 Å². The number of aromatic nitrogens is 1. The van der Waals surface area contributed by atoms with Gasteiger partial charge < -0.3 is 14.6 Å². The highest BCUT2D eigenvalue weighted by atomic mass is 16.6. The van der Waals surface area contributed by atoms with Crippen molar-refractivity contribution >= 4 is 11.4 Å². The third-order valence-electron chi connectivity index (χ3n) is 2.54. The molecule has 0 amide bonds. The maximum Gasteiger partial charge on any atom is 0.275 e. The zero-order valence-corrected chi connectivity index (χ0v) is 11.0. The Hall–Kier alpha value is -2.57. The second-order valence-electron chi connectivity index (χ2n) is 4.17. The SMILES string of the molecule is CCCOc1cc(NCc2ccon2)cc([N+](=O)[O-])c1. The van der Waals surface area contributed by atoms with E-state index in [4.69, 9.17) is 9.26 Å². The summed E-state index contributed by atoms with van der Waals surface area (Å²) in [6.45, 7) is 2.91. The number of benzene rings is 1. The summed E-state index contributed by atoms with van der Waals surface area (Å²) in [7, 11) is 0. The molecular weight excluding hydrogens is 262 g/mol. The predicted octanol–water partition coefficient (Wildman–Crippen LogP) is 2.98. The Balaban J connectivity index is 2.13. The highest BCUT2D eigenvalue weighted by Gasteiger charge is 2.11. The molecule has 0 saturated heterocycles. The number of rotatable bonds is 7. The molecule has 20 heavy (non-hydrogen) atoms. The van der Waals surface area contributed by atoms with Crippen molar-refractivity contribution < 1.29 is 14.2 Å². The minimum absolute atomic E-state index is 0.0127. The van der Waals surface area contributed by atoms with Gasteiger partial charge in [0, 0.05) is 23.9 Å². The molecule has 0 aliphatic rings. The lowest BCUT2D eigenvalue weighted by Crippen LogP contribution is -2.02. The van der Waals surface area contributed by atoms with Crippen molar-refractivity contribution in [2.75, 3.05) is 11.9 Å². The van der Waals surface area contributed by atoms with Crippen molar-refractivity contribution in [1.82, 2.24) is 5.16 Å². The number of nitrogens with zero attached hydrogens (tertiary/aromatic N) is 2. The molecule has 1 aromatic heterocycles. The number of nitro benzene ring substituents is 1. The van der Waals surface area contributed by atoms with Gasteiger partial charge in [-0.3, -0.25) is 10.1 Å². The zero-order chi connectivity index (χ0) is 14.4. The monoisotopic (exact) mass is 277 g/mol. The molecule has 2 aromatic rings. The van der Waals surface area contributed by atoms with Gasteiger partial charge in [0.1, 0.15) is 17.7 Å². The first-order chi connectivity index (χ1) is 9.69. The number of anilines is 1. The largest absolute Gasteiger partial charge is 0.493 e. The molecule has 0 atom stereocenters. The number of nitro groups is 1. The molecule has 0 aliphatic carbocycles. The quantitative estimate of drug-likeness (QED) is 0.618. The summed E-state index contributed by atoms with van der Waals surface area (Å²) in [5.41, 5.74) is 1.31. The standard InChI is InChI=1S/C13H15N3O4/c1-2-4-19-13-7-11(6-12(8-13)16(17)18)14-9-10-3-5-20-15-10/h3,5-8,14H,2,4,9H2,1H3. The molecule has 1 N–H and O–H groups in total. The van der Waals surface area contributed by atoms with Crippen LogP contribution in [0.15, 0.2) is 35.1 Å². The van der Waals surface area contributed by atoms with Crippen molar-refractivity contribution in [3.8, 4) is 5.75 Å². The van der Waals surface area contributed by atoms with Crippen LogP contribution in [0.4, 0.5) is 11.4 Å². The lowest BCUT2D eigenvalue weighted by atomic mass is 10.2. The van der Waals surface area contributed by atoms with Crippen LogP contribution in [0.2, 0.25) is 0 Å². The van der Waals surface area contributed by atoms with E-state index in [2.05, 4.69) is 10.5 Å². The fourth-order valence-electron chi connectivity index (χ4n) is 1.62. The third kappa shape index (κ3) is 3.71. The maximum atomic E-state index is 10.9. The van der Waals surface area contributed by atoms with Crippen LogP contribution in [-0.4, -0.2) is 16.7 Å². The van der Waals surface area contributed by atoms with Gasteiger partial charge in [-0.05, 0) is 6.42 Å². The molecular formula is C13H15N3O4. The molecule has 0 saturated carbocycles. The van der Waals surface area contributed by atoms with Gasteiger partial charge in [0.25, 0.3) is 5.69 Å². The molecule has 0 unspecified atom stereocenters. The first-order valence-electron chi connectivity index (χ1n) is 6.24. The Morgan fingerprint density at radius 2 is 2.30 bits per heavy atom. The molecule has 0 aliphatic heterocycles. The molecule has 7 nitrogen and oxygen atoms in total.